The molecule has 0 radical (unpaired) electrons. The van der Waals surface area contributed by atoms with Crippen molar-refractivity contribution in [3.63, 3.8) is 0 Å². The zero-order valence-corrected chi connectivity index (χ0v) is 14.7. The summed E-state index contributed by atoms with van der Waals surface area (Å²) < 4.78 is 0. The normalized spacial score (nSPS) is 10.5. The number of hydrogen-bond acceptors (Lipinski definition) is 2. The first-order valence-corrected chi connectivity index (χ1v) is 9.24. The quantitative estimate of drug-likeness (QED) is 0.355. The third-order valence-electron chi connectivity index (χ3n) is 3.75. The summed E-state index contributed by atoms with van der Waals surface area (Å²) in [6, 6.07) is 0. The molecule has 0 aromatic carbocycles. The molecular formula is C18H36N2O2. The molecular weight excluding hydrogens is 276 g/mol. The minimum Gasteiger partial charge on any atom is -0.356 e. The highest BCUT2D eigenvalue weighted by Crippen LogP contribution is 2.10. The van der Waals surface area contributed by atoms with Crippen LogP contribution in [0.1, 0.15) is 90.9 Å². The zero-order valence-electron chi connectivity index (χ0n) is 14.7. The largest absolute Gasteiger partial charge is 0.356 e. The van der Waals surface area contributed by atoms with Crippen LogP contribution in [-0.2, 0) is 9.59 Å². The van der Waals surface area contributed by atoms with Crippen molar-refractivity contribution in [1.82, 2.24) is 10.6 Å². The van der Waals surface area contributed by atoms with E-state index in [4.69, 9.17) is 0 Å². The molecule has 0 heterocycles. The van der Waals surface area contributed by atoms with Gasteiger partial charge in [-0.3, -0.25) is 9.59 Å². The average molecular weight is 312 g/mol. The number of hydrogen-bond donors (Lipinski definition) is 2. The summed E-state index contributed by atoms with van der Waals surface area (Å²) in [4.78, 5) is 22.8. The molecule has 0 fully saturated rings. The van der Waals surface area contributed by atoms with E-state index < -0.39 is 0 Å². The van der Waals surface area contributed by atoms with Crippen LogP contribution in [0.4, 0.5) is 0 Å². The van der Waals surface area contributed by atoms with Crippen LogP contribution in [0.2, 0.25) is 0 Å². The third-order valence-corrected chi connectivity index (χ3v) is 3.75. The van der Waals surface area contributed by atoms with Crippen molar-refractivity contribution in [2.45, 2.75) is 90.9 Å². The molecule has 0 aromatic heterocycles. The number of unbranched alkanes of at least 4 members (excludes halogenated alkanes) is 9. The van der Waals surface area contributed by atoms with Crippen LogP contribution >= 0.6 is 0 Å². The molecule has 130 valence electrons. The van der Waals surface area contributed by atoms with Gasteiger partial charge in [0, 0.05) is 13.1 Å². The highest BCUT2D eigenvalue weighted by molar-refractivity contribution is 5.96. The Morgan fingerprint density at radius 2 is 1.05 bits per heavy atom. The maximum absolute atomic E-state index is 11.5. The standard InChI is InChI=1S/C18H36N2O2/c1-3-5-6-7-8-9-10-11-12-13-15-20-18(22)16-17(21)19-14-4-2/h3-16H2,1-2H3,(H,19,21)(H,20,22). The fourth-order valence-electron chi connectivity index (χ4n) is 2.38. The van der Waals surface area contributed by atoms with E-state index in [1.165, 1.54) is 51.4 Å². The van der Waals surface area contributed by atoms with Crippen molar-refractivity contribution in [2.75, 3.05) is 13.1 Å². The number of carbonyl (C=O) groups excluding carboxylic acids is 2. The van der Waals surface area contributed by atoms with Crippen LogP contribution in [0.15, 0.2) is 0 Å². The monoisotopic (exact) mass is 312 g/mol. The second-order valence-corrected chi connectivity index (χ2v) is 6.06. The van der Waals surface area contributed by atoms with E-state index in [1.807, 2.05) is 6.92 Å². The van der Waals surface area contributed by atoms with E-state index in [0.717, 1.165) is 19.3 Å². The van der Waals surface area contributed by atoms with E-state index in [1.54, 1.807) is 0 Å². The Hall–Kier alpha value is -1.06. The van der Waals surface area contributed by atoms with Crippen LogP contribution in [0.25, 0.3) is 0 Å². The Balaban J connectivity index is 3.25. The Morgan fingerprint density at radius 3 is 1.55 bits per heavy atom. The molecule has 0 aliphatic rings. The smallest absolute Gasteiger partial charge is 0.229 e. The molecule has 0 unspecified atom stereocenters. The van der Waals surface area contributed by atoms with E-state index in [9.17, 15) is 9.59 Å². The zero-order chi connectivity index (χ0) is 16.5. The molecule has 0 rings (SSSR count). The van der Waals surface area contributed by atoms with Crippen LogP contribution in [0.3, 0.4) is 0 Å². The fourth-order valence-corrected chi connectivity index (χ4v) is 2.38. The van der Waals surface area contributed by atoms with Crippen molar-refractivity contribution in [3.05, 3.63) is 0 Å². The third kappa shape index (κ3) is 15.3. The summed E-state index contributed by atoms with van der Waals surface area (Å²) in [6.45, 7) is 5.57. The first-order valence-electron chi connectivity index (χ1n) is 9.24. The molecule has 0 spiro atoms. The summed E-state index contributed by atoms with van der Waals surface area (Å²) in [5.74, 6) is -0.341. The van der Waals surface area contributed by atoms with E-state index in [0.29, 0.717) is 13.1 Å². The highest BCUT2D eigenvalue weighted by Gasteiger charge is 2.07. The molecule has 4 heteroatoms. The molecule has 2 amide bonds. The molecule has 0 aromatic rings. The minimum absolute atomic E-state index is 0.0439. The molecule has 22 heavy (non-hydrogen) atoms. The van der Waals surface area contributed by atoms with Gasteiger partial charge in [0.15, 0.2) is 0 Å². The molecule has 0 aliphatic carbocycles. The number of amides is 2. The second-order valence-electron chi connectivity index (χ2n) is 6.06. The van der Waals surface area contributed by atoms with Crippen LogP contribution < -0.4 is 10.6 Å². The van der Waals surface area contributed by atoms with Gasteiger partial charge in [0.2, 0.25) is 11.8 Å². The SMILES string of the molecule is CCCCCCCCCCCCNC(=O)CC(=O)NCCC. The maximum atomic E-state index is 11.5. The predicted molar refractivity (Wildman–Crippen MR) is 92.8 cm³/mol. The maximum Gasteiger partial charge on any atom is 0.229 e. The number of nitrogens with one attached hydrogen (secondary N) is 2. The first kappa shape index (κ1) is 20.9. The van der Waals surface area contributed by atoms with Gasteiger partial charge >= 0.3 is 0 Å². The highest BCUT2D eigenvalue weighted by atomic mass is 16.2. The van der Waals surface area contributed by atoms with Gasteiger partial charge in [0.05, 0.1) is 0 Å². The topological polar surface area (TPSA) is 58.2 Å². The summed E-state index contributed by atoms with van der Waals surface area (Å²) >= 11 is 0. The van der Waals surface area contributed by atoms with Gasteiger partial charge in [-0.2, -0.15) is 0 Å². The van der Waals surface area contributed by atoms with Crippen LogP contribution in [-0.4, -0.2) is 24.9 Å². The van der Waals surface area contributed by atoms with Crippen molar-refractivity contribution in [3.8, 4) is 0 Å². The van der Waals surface area contributed by atoms with Gasteiger partial charge in [-0.1, -0.05) is 71.6 Å². The van der Waals surface area contributed by atoms with Gasteiger partial charge in [-0.25, -0.2) is 0 Å². The molecule has 2 N–H and O–H groups in total. The molecule has 0 saturated heterocycles. The number of rotatable bonds is 15. The van der Waals surface area contributed by atoms with Crippen molar-refractivity contribution < 1.29 is 9.59 Å². The van der Waals surface area contributed by atoms with Crippen LogP contribution in [0, 0.1) is 0 Å². The van der Waals surface area contributed by atoms with E-state index in [2.05, 4.69) is 17.6 Å². The molecule has 0 saturated carbocycles. The summed E-state index contributed by atoms with van der Waals surface area (Å²) in [6.07, 6.45) is 13.7. The van der Waals surface area contributed by atoms with Crippen molar-refractivity contribution in [2.24, 2.45) is 0 Å². The molecule has 0 aliphatic heterocycles. The lowest BCUT2D eigenvalue weighted by Crippen LogP contribution is -2.32. The second kappa shape index (κ2) is 16.3. The van der Waals surface area contributed by atoms with Gasteiger partial charge in [0.1, 0.15) is 6.42 Å². The van der Waals surface area contributed by atoms with Crippen molar-refractivity contribution in [1.29, 1.82) is 0 Å². The van der Waals surface area contributed by atoms with Gasteiger partial charge in [0.25, 0.3) is 0 Å². The molecule has 0 atom stereocenters. The Labute approximate surface area is 136 Å². The lowest BCUT2D eigenvalue weighted by atomic mass is 10.1. The summed E-state index contributed by atoms with van der Waals surface area (Å²) in [5, 5.41) is 5.52. The van der Waals surface area contributed by atoms with E-state index >= 15 is 0 Å². The Morgan fingerprint density at radius 1 is 0.591 bits per heavy atom. The fraction of sp³-hybridized carbons (Fsp3) is 0.889. The van der Waals surface area contributed by atoms with Crippen molar-refractivity contribution >= 4 is 11.8 Å². The lowest BCUT2D eigenvalue weighted by molar-refractivity contribution is -0.129. The first-order chi connectivity index (χ1) is 10.7. The summed E-state index contributed by atoms with van der Waals surface area (Å²) in [7, 11) is 0. The molecule has 0 bridgehead atoms. The Bertz CT molecular complexity index is 280. The summed E-state index contributed by atoms with van der Waals surface area (Å²) in [5.41, 5.74) is 0. The van der Waals surface area contributed by atoms with Gasteiger partial charge in [-0.15, -0.1) is 0 Å². The number of carbonyl (C=O) groups is 2. The van der Waals surface area contributed by atoms with Gasteiger partial charge < -0.3 is 10.6 Å². The van der Waals surface area contributed by atoms with Crippen LogP contribution in [0.5, 0.6) is 0 Å². The molecule has 4 nitrogen and oxygen atoms in total. The lowest BCUT2D eigenvalue weighted by Gasteiger charge is -2.06. The van der Waals surface area contributed by atoms with Gasteiger partial charge in [-0.05, 0) is 12.8 Å². The minimum atomic E-state index is -0.178. The van der Waals surface area contributed by atoms with E-state index in [-0.39, 0.29) is 18.2 Å². The Kier molecular flexibility index (Phi) is 15.5. The predicted octanol–water partition coefficient (Wildman–Crippen LogP) is 3.94. The average Bonchev–Trinajstić information content (AvgIpc) is 2.50.